The molecule has 2 N–H and O–H groups in total. The van der Waals surface area contributed by atoms with Gasteiger partial charge in [0.2, 0.25) is 0 Å². The Morgan fingerprint density at radius 3 is 2.32 bits per heavy atom. The van der Waals surface area contributed by atoms with Crippen molar-refractivity contribution in [1.29, 1.82) is 0 Å². The second-order valence-electron chi connectivity index (χ2n) is 5.89. The maximum Gasteiger partial charge on any atom is 0.338 e. The molecule has 0 spiro atoms. The third kappa shape index (κ3) is 5.14. The standard InChI is InChI=1S/C21H20N4O3/c1-2-28-21(27)16-3-5-17(6-4-16)25-20(26)19-8-7-18(14-24-19)23-13-15-9-11-22-12-10-15/h3-12,14,23H,2,13H2,1H3,(H,25,26). The first-order valence-electron chi connectivity index (χ1n) is 8.83. The molecule has 0 unspecified atom stereocenters. The van der Waals surface area contributed by atoms with E-state index in [1.165, 1.54) is 0 Å². The van der Waals surface area contributed by atoms with Crippen molar-refractivity contribution in [3.63, 3.8) is 0 Å². The van der Waals surface area contributed by atoms with E-state index in [0.29, 0.717) is 30.1 Å². The molecule has 0 aliphatic rings. The Bertz CT molecular complexity index is 926. The lowest BCUT2D eigenvalue weighted by atomic mass is 10.2. The van der Waals surface area contributed by atoms with E-state index in [1.54, 1.807) is 61.9 Å². The number of aromatic nitrogens is 2. The summed E-state index contributed by atoms with van der Waals surface area (Å²) in [5, 5.41) is 5.99. The van der Waals surface area contributed by atoms with Crippen LogP contribution >= 0.6 is 0 Å². The summed E-state index contributed by atoms with van der Waals surface area (Å²) in [5.74, 6) is -0.721. The molecule has 7 heteroatoms. The van der Waals surface area contributed by atoms with Gasteiger partial charge < -0.3 is 15.4 Å². The monoisotopic (exact) mass is 376 g/mol. The molecule has 0 aliphatic heterocycles. The van der Waals surface area contributed by atoms with E-state index in [1.807, 2.05) is 12.1 Å². The highest BCUT2D eigenvalue weighted by Gasteiger charge is 2.10. The first-order valence-corrected chi connectivity index (χ1v) is 8.83. The van der Waals surface area contributed by atoms with Crippen LogP contribution in [0, 0.1) is 0 Å². The lowest BCUT2D eigenvalue weighted by Gasteiger charge is -2.08. The highest BCUT2D eigenvalue weighted by atomic mass is 16.5. The molecule has 0 saturated heterocycles. The van der Waals surface area contributed by atoms with Gasteiger partial charge in [0.15, 0.2) is 0 Å². The van der Waals surface area contributed by atoms with E-state index in [-0.39, 0.29) is 5.91 Å². The van der Waals surface area contributed by atoms with Gasteiger partial charge in [-0.3, -0.25) is 9.78 Å². The number of anilines is 2. The highest BCUT2D eigenvalue weighted by Crippen LogP contribution is 2.13. The van der Waals surface area contributed by atoms with Crippen molar-refractivity contribution in [3.8, 4) is 0 Å². The zero-order valence-corrected chi connectivity index (χ0v) is 15.4. The minimum Gasteiger partial charge on any atom is -0.462 e. The van der Waals surface area contributed by atoms with Crippen molar-refractivity contribution >= 4 is 23.3 Å². The quantitative estimate of drug-likeness (QED) is 0.613. The van der Waals surface area contributed by atoms with Gasteiger partial charge in [-0.1, -0.05) is 0 Å². The lowest BCUT2D eigenvalue weighted by Crippen LogP contribution is -2.14. The number of rotatable bonds is 7. The van der Waals surface area contributed by atoms with Crippen molar-refractivity contribution in [3.05, 3.63) is 83.9 Å². The zero-order chi connectivity index (χ0) is 19.8. The first-order chi connectivity index (χ1) is 13.7. The summed E-state index contributed by atoms with van der Waals surface area (Å²) in [7, 11) is 0. The second kappa shape index (κ2) is 9.27. The fourth-order valence-corrected chi connectivity index (χ4v) is 2.44. The molecule has 1 aromatic carbocycles. The van der Waals surface area contributed by atoms with Gasteiger partial charge in [0.25, 0.3) is 5.91 Å². The molecule has 1 amide bonds. The van der Waals surface area contributed by atoms with Crippen molar-refractivity contribution in [2.45, 2.75) is 13.5 Å². The van der Waals surface area contributed by atoms with E-state index in [4.69, 9.17) is 4.74 Å². The minimum atomic E-state index is -0.392. The zero-order valence-electron chi connectivity index (χ0n) is 15.4. The molecule has 142 valence electrons. The van der Waals surface area contributed by atoms with E-state index in [2.05, 4.69) is 20.6 Å². The summed E-state index contributed by atoms with van der Waals surface area (Å²) in [4.78, 5) is 32.2. The van der Waals surface area contributed by atoms with Crippen LogP contribution in [0.1, 0.15) is 33.3 Å². The van der Waals surface area contributed by atoms with E-state index < -0.39 is 5.97 Å². The average Bonchev–Trinajstić information content (AvgIpc) is 2.74. The van der Waals surface area contributed by atoms with Gasteiger partial charge in [0.05, 0.1) is 24.1 Å². The molecule has 0 saturated carbocycles. The summed E-state index contributed by atoms with van der Waals surface area (Å²) >= 11 is 0. The molecule has 0 radical (unpaired) electrons. The van der Waals surface area contributed by atoms with E-state index >= 15 is 0 Å². The van der Waals surface area contributed by atoms with Gasteiger partial charge in [0.1, 0.15) is 5.69 Å². The van der Waals surface area contributed by atoms with E-state index in [9.17, 15) is 9.59 Å². The molecule has 28 heavy (non-hydrogen) atoms. The largest absolute Gasteiger partial charge is 0.462 e. The number of hydrogen-bond donors (Lipinski definition) is 2. The average molecular weight is 376 g/mol. The lowest BCUT2D eigenvalue weighted by molar-refractivity contribution is 0.0526. The highest BCUT2D eigenvalue weighted by molar-refractivity contribution is 6.03. The summed E-state index contributed by atoms with van der Waals surface area (Å²) in [6, 6.07) is 13.8. The number of benzene rings is 1. The van der Waals surface area contributed by atoms with Gasteiger partial charge in [-0.15, -0.1) is 0 Å². The summed E-state index contributed by atoms with van der Waals surface area (Å²) in [5.41, 5.74) is 3.21. The summed E-state index contributed by atoms with van der Waals surface area (Å²) < 4.78 is 4.93. The molecule has 2 heterocycles. The van der Waals surface area contributed by atoms with Crippen molar-refractivity contribution in [1.82, 2.24) is 9.97 Å². The van der Waals surface area contributed by atoms with Crippen LogP contribution in [0.3, 0.4) is 0 Å². The molecule has 0 aliphatic carbocycles. The third-order valence-corrected chi connectivity index (χ3v) is 3.90. The maximum absolute atomic E-state index is 12.3. The molecule has 0 bridgehead atoms. The Morgan fingerprint density at radius 2 is 1.68 bits per heavy atom. The molecule has 0 fully saturated rings. The number of carbonyl (C=O) groups is 2. The fourth-order valence-electron chi connectivity index (χ4n) is 2.44. The Hall–Kier alpha value is -3.74. The van der Waals surface area contributed by atoms with Gasteiger partial charge in [-0.05, 0) is 61.0 Å². The van der Waals surface area contributed by atoms with Gasteiger partial charge in [0, 0.05) is 24.6 Å². The van der Waals surface area contributed by atoms with Crippen LogP contribution in [0.4, 0.5) is 11.4 Å². The van der Waals surface area contributed by atoms with Crippen LogP contribution in [0.2, 0.25) is 0 Å². The number of nitrogens with zero attached hydrogens (tertiary/aromatic N) is 2. The number of nitrogens with one attached hydrogen (secondary N) is 2. The number of amides is 1. The van der Waals surface area contributed by atoms with Crippen molar-refractivity contribution in [2.24, 2.45) is 0 Å². The number of pyridine rings is 2. The van der Waals surface area contributed by atoms with Crippen LogP contribution in [-0.4, -0.2) is 28.5 Å². The van der Waals surface area contributed by atoms with Crippen LogP contribution in [0.15, 0.2) is 67.1 Å². The van der Waals surface area contributed by atoms with Crippen molar-refractivity contribution < 1.29 is 14.3 Å². The second-order valence-corrected chi connectivity index (χ2v) is 5.89. The van der Waals surface area contributed by atoms with Crippen molar-refractivity contribution in [2.75, 3.05) is 17.2 Å². The Balaban J connectivity index is 1.56. The smallest absolute Gasteiger partial charge is 0.338 e. The topological polar surface area (TPSA) is 93.2 Å². The first kappa shape index (κ1) is 19.0. The molecule has 3 rings (SSSR count). The molecular formula is C21H20N4O3. The number of esters is 1. The summed E-state index contributed by atoms with van der Waals surface area (Å²) in [6.07, 6.45) is 5.09. The molecular weight excluding hydrogens is 356 g/mol. The van der Waals surface area contributed by atoms with Crippen LogP contribution in [0.25, 0.3) is 0 Å². The van der Waals surface area contributed by atoms with Gasteiger partial charge in [-0.25, -0.2) is 9.78 Å². The third-order valence-electron chi connectivity index (χ3n) is 3.90. The number of carbonyl (C=O) groups excluding carboxylic acids is 2. The number of hydrogen-bond acceptors (Lipinski definition) is 6. The van der Waals surface area contributed by atoms with Gasteiger partial charge >= 0.3 is 5.97 Å². The normalized spacial score (nSPS) is 10.2. The van der Waals surface area contributed by atoms with Crippen LogP contribution < -0.4 is 10.6 Å². The fraction of sp³-hybridized carbons (Fsp3) is 0.143. The predicted octanol–water partition coefficient (Wildman–Crippen LogP) is 3.52. The van der Waals surface area contributed by atoms with Crippen LogP contribution in [-0.2, 0) is 11.3 Å². The van der Waals surface area contributed by atoms with E-state index in [0.717, 1.165) is 11.3 Å². The SMILES string of the molecule is CCOC(=O)c1ccc(NC(=O)c2ccc(NCc3ccncc3)cn2)cc1. The molecule has 0 atom stereocenters. The maximum atomic E-state index is 12.3. The Kier molecular flexibility index (Phi) is 6.30. The number of ether oxygens (including phenoxy) is 1. The summed E-state index contributed by atoms with van der Waals surface area (Å²) in [6.45, 7) is 2.71. The molecule has 7 nitrogen and oxygen atoms in total. The van der Waals surface area contributed by atoms with Crippen LogP contribution in [0.5, 0.6) is 0 Å². The predicted molar refractivity (Wildman–Crippen MR) is 106 cm³/mol. The Labute approximate surface area is 162 Å². The Morgan fingerprint density at radius 1 is 0.964 bits per heavy atom. The molecule has 3 aromatic rings. The minimum absolute atomic E-state index is 0.295. The van der Waals surface area contributed by atoms with Gasteiger partial charge in [-0.2, -0.15) is 0 Å². The molecule has 2 aromatic heterocycles.